The highest BCUT2D eigenvalue weighted by Crippen LogP contribution is 2.38. The summed E-state index contributed by atoms with van der Waals surface area (Å²) in [5, 5.41) is 7.27. The number of carbonyl (C=O) groups is 1. The van der Waals surface area contributed by atoms with E-state index >= 15 is 0 Å². The number of nitrogens with one attached hydrogen (secondary N) is 2. The Morgan fingerprint density at radius 1 is 1.18 bits per heavy atom. The van der Waals surface area contributed by atoms with Crippen LogP contribution in [0.3, 0.4) is 0 Å². The van der Waals surface area contributed by atoms with Gasteiger partial charge in [-0.15, -0.1) is 11.3 Å². The lowest BCUT2D eigenvalue weighted by Crippen LogP contribution is -2.34. The fourth-order valence-electron chi connectivity index (χ4n) is 4.84. The number of benzene rings is 1. The fourth-order valence-corrected chi connectivity index (χ4v) is 5.70. The number of halogens is 3. The smallest absolute Gasteiger partial charge is 0.381 e. The number of carbonyl (C=O) groups excluding carboxylic acids is 1. The van der Waals surface area contributed by atoms with Gasteiger partial charge in [0.25, 0.3) is 5.91 Å². The van der Waals surface area contributed by atoms with Crippen molar-refractivity contribution in [3.63, 3.8) is 0 Å². The lowest BCUT2D eigenvalue weighted by atomic mass is 9.98. The van der Waals surface area contributed by atoms with Crippen molar-refractivity contribution >= 4 is 28.1 Å². The number of alkyl halides is 3. The average molecular weight is 572 g/mol. The molecule has 1 aromatic carbocycles. The van der Waals surface area contributed by atoms with Crippen LogP contribution < -0.4 is 16.1 Å². The third kappa shape index (κ3) is 5.65. The van der Waals surface area contributed by atoms with Crippen molar-refractivity contribution in [2.75, 3.05) is 33.4 Å². The molecule has 5 rings (SSSR count). The highest BCUT2D eigenvalue weighted by atomic mass is 32.1. The number of hydrogen-bond acceptors (Lipinski definition) is 7. The van der Waals surface area contributed by atoms with Crippen LogP contribution in [0.2, 0.25) is 0 Å². The first-order valence-corrected chi connectivity index (χ1v) is 13.7. The molecule has 2 N–H and O–H groups in total. The summed E-state index contributed by atoms with van der Waals surface area (Å²) in [6.07, 6.45) is 0.115. The monoisotopic (exact) mass is 571 g/mol. The Labute approximate surface area is 232 Å². The van der Waals surface area contributed by atoms with Crippen molar-refractivity contribution < 1.29 is 22.7 Å². The van der Waals surface area contributed by atoms with Gasteiger partial charge in [-0.3, -0.25) is 14.6 Å². The summed E-state index contributed by atoms with van der Waals surface area (Å²) in [7, 11) is 1.77. The molecule has 3 aromatic heterocycles. The van der Waals surface area contributed by atoms with E-state index in [0.29, 0.717) is 59.6 Å². The molecular formula is C28H28F3N5O3S. The summed E-state index contributed by atoms with van der Waals surface area (Å²) in [5.41, 5.74) is 1.55. The van der Waals surface area contributed by atoms with Crippen LogP contribution >= 0.6 is 11.3 Å². The van der Waals surface area contributed by atoms with E-state index in [-0.39, 0.29) is 16.6 Å². The Morgan fingerprint density at radius 2 is 1.95 bits per heavy atom. The van der Waals surface area contributed by atoms with Crippen molar-refractivity contribution in [1.82, 2.24) is 25.2 Å². The zero-order valence-electron chi connectivity index (χ0n) is 22.0. The minimum absolute atomic E-state index is 0.0317. The number of aromatic nitrogens is 3. The van der Waals surface area contributed by atoms with Crippen molar-refractivity contribution in [2.45, 2.75) is 32.0 Å². The number of hydrogen-bond donors (Lipinski definition) is 2. The Morgan fingerprint density at radius 3 is 2.65 bits per heavy atom. The molecular weight excluding hydrogens is 543 g/mol. The minimum atomic E-state index is -4.56. The lowest BCUT2D eigenvalue weighted by molar-refractivity contribution is -0.140. The standard InChI is InChI=1S/C28H28F3N5O3S/c1-16-11-19(27-35-24(15-40-27)28(29,30)31)21(13-34-16)17-3-4-23-20(12-17)25(37)22(26(38)33-8-7-32-2)14-36(23)18-5-9-39-10-6-18/h3-4,11-15,18,32H,5-10H2,1-2H3,(H,33,38). The van der Waals surface area contributed by atoms with Crippen molar-refractivity contribution in [1.29, 1.82) is 0 Å². The second-order valence-corrected chi connectivity index (χ2v) is 10.5. The second kappa shape index (κ2) is 11.5. The third-order valence-corrected chi connectivity index (χ3v) is 7.77. The van der Waals surface area contributed by atoms with Crippen LogP contribution in [-0.4, -0.2) is 53.8 Å². The number of aryl methyl sites for hydroxylation is 1. The molecule has 8 nitrogen and oxygen atoms in total. The predicted octanol–water partition coefficient (Wildman–Crippen LogP) is 4.81. The maximum absolute atomic E-state index is 13.7. The molecule has 1 aliphatic heterocycles. The SMILES string of the molecule is CNCCNC(=O)c1cn(C2CCOCC2)c2ccc(-c3cnc(C)cc3-c3nc(C(F)(F)F)cs3)cc2c1=O. The number of likely N-dealkylation sites (N-methyl/N-ethyl adjacent to an activating group) is 1. The highest BCUT2D eigenvalue weighted by molar-refractivity contribution is 7.13. The summed E-state index contributed by atoms with van der Waals surface area (Å²) in [5.74, 6) is -0.464. The first-order valence-electron chi connectivity index (χ1n) is 12.9. The maximum Gasteiger partial charge on any atom is 0.434 e. The molecule has 0 atom stereocenters. The van der Waals surface area contributed by atoms with E-state index in [2.05, 4.69) is 20.6 Å². The van der Waals surface area contributed by atoms with Crippen LogP contribution in [0.1, 0.15) is 40.6 Å². The topological polar surface area (TPSA) is 98.1 Å². The Balaban J connectivity index is 1.66. The largest absolute Gasteiger partial charge is 0.434 e. The molecule has 40 heavy (non-hydrogen) atoms. The van der Waals surface area contributed by atoms with E-state index < -0.39 is 23.2 Å². The Kier molecular flexibility index (Phi) is 8.02. The van der Waals surface area contributed by atoms with E-state index in [0.717, 1.165) is 29.6 Å². The van der Waals surface area contributed by atoms with Crippen LogP contribution in [0.5, 0.6) is 0 Å². The normalized spacial score (nSPS) is 14.5. The van der Waals surface area contributed by atoms with Crippen LogP contribution in [0.25, 0.3) is 32.6 Å². The molecule has 0 saturated carbocycles. The molecule has 1 fully saturated rings. The molecule has 4 heterocycles. The van der Waals surface area contributed by atoms with Gasteiger partial charge in [-0.1, -0.05) is 6.07 Å². The van der Waals surface area contributed by atoms with Crippen LogP contribution in [0, 0.1) is 6.92 Å². The van der Waals surface area contributed by atoms with E-state index in [1.165, 1.54) is 0 Å². The van der Waals surface area contributed by atoms with Crippen molar-refractivity contribution in [3.05, 3.63) is 69.2 Å². The third-order valence-electron chi connectivity index (χ3n) is 6.90. The molecule has 1 aliphatic rings. The van der Waals surface area contributed by atoms with Crippen LogP contribution in [-0.2, 0) is 10.9 Å². The van der Waals surface area contributed by atoms with Gasteiger partial charge in [0.2, 0.25) is 5.43 Å². The summed E-state index contributed by atoms with van der Waals surface area (Å²) < 4.78 is 47.3. The molecule has 210 valence electrons. The quantitative estimate of drug-likeness (QED) is 0.309. The van der Waals surface area contributed by atoms with Crippen molar-refractivity contribution in [3.8, 4) is 21.7 Å². The molecule has 0 aliphatic carbocycles. The van der Waals surface area contributed by atoms with Gasteiger partial charge < -0.3 is 19.9 Å². The van der Waals surface area contributed by atoms with Gasteiger partial charge in [0.15, 0.2) is 5.69 Å². The molecule has 4 aromatic rings. The first-order chi connectivity index (χ1) is 19.2. The van der Waals surface area contributed by atoms with Gasteiger partial charge in [-0.25, -0.2) is 4.98 Å². The van der Waals surface area contributed by atoms with Gasteiger partial charge >= 0.3 is 6.18 Å². The zero-order chi connectivity index (χ0) is 28.4. The van der Waals surface area contributed by atoms with E-state index in [1.807, 2.05) is 16.7 Å². The van der Waals surface area contributed by atoms with Crippen LogP contribution in [0.4, 0.5) is 13.2 Å². The number of nitrogens with zero attached hydrogens (tertiary/aromatic N) is 3. The lowest BCUT2D eigenvalue weighted by Gasteiger charge is -2.27. The molecule has 0 unspecified atom stereocenters. The Hall–Kier alpha value is -3.61. The first kappa shape index (κ1) is 27.9. The highest BCUT2D eigenvalue weighted by Gasteiger charge is 2.34. The number of ether oxygens (including phenoxy) is 1. The number of fused-ring (bicyclic) bond motifs is 1. The van der Waals surface area contributed by atoms with Crippen molar-refractivity contribution in [2.24, 2.45) is 0 Å². The second-order valence-electron chi connectivity index (χ2n) is 9.62. The fraction of sp³-hybridized carbons (Fsp3) is 0.357. The number of amides is 1. The summed E-state index contributed by atoms with van der Waals surface area (Å²) in [4.78, 5) is 34.9. The molecule has 0 spiro atoms. The maximum atomic E-state index is 13.7. The van der Waals surface area contributed by atoms with Gasteiger partial charge in [0.05, 0.1) is 5.52 Å². The van der Waals surface area contributed by atoms with Gasteiger partial charge in [0, 0.05) is 72.3 Å². The zero-order valence-corrected chi connectivity index (χ0v) is 22.8. The molecule has 0 bridgehead atoms. The van der Waals surface area contributed by atoms with Gasteiger partial charge in [0.1, 0.15) is 10.6 Å². The number of pyridine rings is 2. The Bertz CT molecular complexity index is 1610. The average Bonchev–Trinajstić information content (AvgIpc) is 3.45. The number of rotatable bonds is 7. The molecule has 12 heteroatoms. The summed E-state index contributed by atoms with van der Waals surface area (Å²) in [6, 6.07) is 7.05. The summed E-state index contributed by atoms with van der Waals surface area (Å²) >= 11 is 0.896. The summed E-state index contributed by atoms with van der Waals surface area (Å²) in [6.45, 7) is 3.81. The molecule has 1 amide bonds. The number of thiazole rings is 1. The molecule has 0 radical (unpaired) electrons. The van der Waals surface area contributed by atoms with E-state index in [1.54, 1.807) is 38.5 Å². The van der Waals surface area contributed by atoms with Gasteiger partial charge in [-0.2, -0.15) is 13.2 Å². The van der Waals surface area contributed by atoms with E-state index in [9.17, 15) is 22.8 Å². The van der Waals surface area contributed by atoms with E-state index in [4.69, 9.17) is 4.74 Å². The molecule has 1 saturated heterocycles. The minimum Gasteiger partial charge on any atom is -0.381 e. The predicted molar refractivity (Wildman–Crippen MR) is 148 cm³/mol. The van der Waals surface area contributed by atoms with Crippen LogP contribution in [0.15, 0.2) is 46.8 Å². The van der Waals surface area contributed by atoms with Gasteiger partial charge in [-0.05, 0) is 50.6 Å².